The first-order chi connectivity index (χ1) is 6.61. The fourth-order valence-electron chi connectivity index (χ4n) is 0.653. The lowest BCUT2D eigenvalue weighted by molar-refractivity contribution is -0.126. The van der Waals surface area contributed by atoms with Crippen LogP contribution in [0.15, 0.2) is 0 Å². The smallest absolute Gasteiger partial charge is 0.224 e. The molecule has 0 aliphatic heterocycles. The molecule has 2 unspecified atom stereocenters. The Hall–Kier alpha value is -0.510. The van der Waals surface area contributed by atoms with Crippen LogP contribution in [0, 0.1) is 5.92 Å². The molecule has 0 radical (unpaired) electrons. The van der Waals surface area contributed by atoms with Crippen molar-refractivity contribution in [1.29, 1.82) is 0 Å². The molecule has 0 aliphatic carbocycles. The number of hydrogen-bond acceptors (Lipinski definition) is 3. The van der Waals surface area contributed by atoms with Crippen molar-refractivity contribution in [3.8, 4) is 0 Å². The number of nitrogens with one attached hydrogen (secondary N) is 1. The van der Waals surface area contributed by atoms with Crippen molar-refractivity contribution in [3.05, 3.63) is 0 Å². The third-order valence-corrected chi connectivity index (χ3v) is 2.42. The third kappa shape index (κ3) is 8.10. The Bertz CT molecular complexity index is 162. The normalized spacial score (nSPS) is 13.2. The van der Waals surface area contributed by atoms with E-state index in [-0.39, 0.29) is 17.2 Å². The number of rotatable bonds is 5. The minimum absolute atomic E-state index is 0.0519. The first-order valence-electron chi connectivity index (χ1n) is 4.88. The van der Waals surface area contributed by atoms with E-state index in [0.29, 0.717) is 6.42 Å². The standard InChI is InChI=1S/C8H15NO2S.C2H6/c1-6(4-5-10)8(11)9-7(2)12-3;1-2/h5-7H,4H2,1-3H3,(H,9,11);1-2H3. The summed E-state index contributed by atoms with van der Waals surface area (Å²) < 4.78 is 0. The van der Waals surface area contributed by atoms with Gasteiger partial charge in [-0.25, -0.2) is 0 Å². The summed E-state index contributed by atoms with van der Waals surface area (Å²) in [5.74, 6) is -0.263. The van der Waals surface area contributed by atoms with E-state index in [0.717, 1.165) is 6.29 Å². The van der Waals surface area contributed by atoms with Crippen LogP contribution < -0.4 is 5.32 Å². The van der Waals surface area contributed by atoms with Crippen molar-refractivity contribution in [2.75, 3.05) is 6.26 Å². The van der Waals surface area contributed by atoms with Crippen molar-refractivity contribution >= 4 is 24.0 Å². The molecule has 0 aromatic rings. The molecule has 0 spiro atoms. The highest BCUT2D eigenvalue weighted by Crippen LogP contribution is 2.04. The summed E-state index contributed by atoms with van der Waals surface area (Å²) in [5, 5.41) is 2.90. The fraction of sp³-hybridized carbons (Fsp3) is 0.800. The zero-order valence-electron chi connectivity index (χ0n) is 9.66. The molecule has 0 aromatic heterocycles. The number of carbonyl (C=O) groups excluding carboxylic acids is 2. The monoisotopic (exact) mass is 219 g/mol. The Morgan fingerprint density at radius 3 is 2.29 bits per heavy atom. The molecular weight excluding hydrogens is 198 g/mol. The largest absolute Gasteiger partial charge is 0.344 e. The molecule has 1 N–H and O–H groups in total. The van der Waals surface area contributed by atoms with Gasteiger partial charge in [-0.2, -0.15) is 0 Å². The maximum absolute atomic E-state index is 11.2. The Labute approximate surface area is 91.0 Å². The average molecular weight is 219 g/mol. The molecule has 0 heterocycles. The van der Waals surface area contributed by atoms with Crippen LogP contribution in [-0.4, -0.2) is 23.8 Å². The van der Waals surface area contributed by atoms with E-state index in [4.69, 9.17) is 0 Å². The minimum atomic E-state index is -0.211. The van der Waals surface area contributed by atoms with Gasteiger partial charge in [0.15, 0.2) is 0 Å². The van der Waals surface area contributed by atoms with Gasteiger partial charge in [0.25, 0.3) is 0 Å². The van der Waals surface area contributed by atoms with Crippen molar-refractivity contribution in [2.24, 2.45) is 5.92 Å². The quantitative estimate of drug-likeness (QED) is 0.568. The second-order valence-corrected chi connectivity index (χ2v) is 3.87. The van der Waals surface area contributed by atoms with Gasteiger partial charge in [-0.1, -0.05) is 20.8 Å². The van der Waals surface area contributed by atoms with Crippen LogP contribution in [0.2, 0.25) is 0 Å². The molecule has 14 heavy (non-hydrogen) atoms. The van der Waals surface area contributed by atoms with Gasteiger partial charge in [-0.15, -0.1) is 11.8 Å². The number of amides is 1. The summed E-state index contributed by atoms with van der Waals surface area (Å²) in [7, 11) is 0. The maximum atomic E-state index is 11.2. The van der Waals surface area contributed by atoms with E-state index in [1.54, 1.807) is 18.7 Å². The number of aldehydes is 1. The van der Waals surface area contributed by atoms with Gasteiger partial charge in [0.2, 0.25) is 5.91 Å². The van der Waals surface area contributed by atoms with Crippen molar-refractivity contribution in [3.63, 3.8) is 0 Å². The van der Waals surface area contributed by atoms with E-state index in [9.17, 15) is 9.59 Å². The zero-order chi connectivity index (χ0) is 11.6. The predicted octanol–water partition coefficient (Wildman–Crippen LogP) is 2.06. The lowest BCUT2D eigenvalue weighted by Gasteiger charge is -2.13. The molecule has 0 saturated carbocycles. The highest BCUT2D eigenvalue weighted by molar-refractivity contribution is 7.99. The van der Waals surface area contributed by atoms with Gasteiger partial charge in [0, 0.05) is 12.3 Å². The third-order valence-electron chi connectivity index (χ3n) is 1.60. The lowest BCUT2D eigenvalue weighted by atomic mass is 10.1. The highest BCUT2D eigenvalue weighted by atomic mass is 32.2. The van der Waals surface area contributed by atoms with Gasteiger partial charge in [-0.05, 0) is 13.2 Å². The van der Waals surface area contributed by atoms with Gasteiger partial charge < -0.3 is 10.1 Å². The molecule has 0 fully saturated rings. The molecule has 84 valence electrons. The van der Waals surface area contributed by atoms with E-state index < -0.39 is 0 Å². The first kappa shape index (κ1) is 15.9. The molecule has 0 rings (SSSR count). The molecular formula is C10H21NO2S. The molecule has 0 aliphatic rings. The summed E-state index contributed by atoms with van der Waals surface area (Å²) in [5.41, 5.74) is 0. The Balaban J connectivity index is 0. The Kier molecular flexibility index (Phi) is 12.0. The van der Waals surface area contributed by atoms with Gasteiger partial charge in [0.05, 0.1) is 5.37 Å². The van der Waals surface area contributed by atoms with Crippen LogP contribution in [0.3, 0.4) is 0 Å². The zero-order valence-corrected chi connectivity index (χ0v) is 10.5. The van der Waals surface area contributed by atoms with Gasteiger partial charge >= 0.3 is 0 Å². The van der Waals surface area contributed by atoms with Crippen molar-refractivity contribution in [2.45, 2.75) is 39.5 Å². The van der Waals surface area contributed by atoms with Crippen LogP contribution in [0.5, 0.6) is 0 Å². The van der Waals surface area contributed by atoms with Gasteiger partial charge in [0.1, 0.15) is 6.29 Å². The SMILES string of the molecule is CC.CSC(C)NC(=O)C(C)CC=O. The second-order valence-electron chi connectivity index (χ2n) is 2.69. The number of hydrogen-bond donors (Lipinski definition) is 1. The molecule has 0 saturated heterocycles. The van der Waals surface area contributed by atoms with E-state index >= 15 is 0 Å². The topological polar surface area (TPSA) is 46.2 Å². The molecule has 4 heteroatoms. The van der Waals surface area contributed by atoms with Crippen LogP contribution in [0.4, 0.5) is 0 Å². The first-order valence-corrected chi connectivity index (χ1v) is 6.17. The highest BCUT2D eigenvalue weighted by Gasteiger charge is 2.13. The summed E-state index contributed by atoms with van der Waals surface area (Å²) in [6.45, 7) is 7.66. The van der Waals surface area contributed by atoms with E-state index in [1.807, 2.05) is 27.0 Å². The molecule has 0 bridgehead atoms. The molecule has 2 atom stereocenters. The number of thioether (sulfide) groups is 1. The Morgan fingerprint density at radius 2 is 1.93 bits per heavy atom. The summed E-state index contributed by atoms with van der Waals surface area (Å²) >= 11 is 1.57. The van der Waals surface area contributed by atoms with Crippen LogP contribution in [0.25, 0.3) is 0 Å². The second kappa shape index (κ2) is 10.6. The summed E-state index contributed by atoms with van der Waals surface area (Å²) in [6.07, 6.45) is 3.00. The molecule has 1 amide bonds. The lowest BCUT2D eigenvalue weighted by Crippen LogP contribution is -2.34. The van der Waals surface area contributed by atoms with Crippen LogP contribution >= 0.6 is 11.8 Å². The van der Waals surface area contributed by atoms with Crippen LogP contribution in [0.1, 0.15) is 34.1 Å². The Morgan fingerprint density at radius 1 is 1.43 bits per heavy atom. The maximum Gasteiger partial charge on any atom is 0.224 e. The fourth-order valence-corrected chi connectivity index (χ4v) is 0.887. The molecule has 3 nitrogen and oxygen atoms in total. The van der Waals surface area contributed by atoms with Crippen molar-refractivity contribution in [1.82, 2.24) is 5.32 Å². The summed E-state index contributed by atoms with van der Waals surface area (Å²) in [6, 6.07) is 0. The summed E-state index contributed by atoms with van der Waals surface area (Å²) in [4.78, 5) is 21.3. The van der Waals surface area contributed by atoms with Crippen LogP contribution in [-0.2, 0) is 9.59 Å². The van der Waals surface area contributed by atoms with E-state index in [1.165, 1.54) is 0 Å². The minimum Gasteiger partial charge on any atom is -0.344 e. The van der Waals surface area contributed by atoms with Gasteiger partial charge in [-0.3, -0.25) is 4.79 Å². The molecule has 0 aromatic carbocycles. The number of carbonyl (C=O) groups is 2. The van der Waals surface area contributed by atoms with Crippen molar-refractivity contribution < 1.29 is 9.59 Å². The van der Waals surface area contributed by atoms with E-state index in [2.05, 4.69) is 5.32 Å². The average Bonchev–Trinajstić information content (AvgIpc) is 2.21. The predicted molar refractivity (Wildman–Crippen MR) is 62.3 cm³/mol.